The third-order valence-corrected chi connectivity index (χ3v) is 5.44. The lowest BCUT2D eigenvalue weighted by Gasteiger charge is -2.29. The third kappa shape index (κ3) is 2.78. The zero-order valence-corrected chi connectivity index (χ0v) is 15.4. The quantitative estimate of drug-likeness (QED) is 0.682. The minimum Gasteiger partial charge on any atom is -0.459 e. The molecule has 4 rings (SSSR count). The van der Waals surface area contributed by atoms with Gasteiger partial charge in [0, 0.05) is 18.3 Å². The van der Waals surface area contributed by atoms with E-state index >= 15 is 0 Å². The van der Waals surface area contributed by atoms with Crippen LogP contribution in [0.5, 0.6) is 0 Å². The van der Waals surface area contributed by atoms with Gasteiger partial charge in [-0.15, -0.1) is 11.3 Å². The molecule has 0 aromatic carbocycles. The summed E-state index contributed by atoms with van der Waals surface area (Å²) in [6.07, 6.45) is 2.08. The summed E-state index contributed by atoms with van der Waals surface area (Å²) in [6, 6.07) is 3.16. The first-order chi connectivity index (χ1) is 12.4. The smallest absolute Gasteiger partial charge is 0.305 e. The Bertz CT molecular complexity index is 1050. The second-order valence-electron chi connectivity index (χ2n) is 6.77. The molecule has 1 aliphatic heterocycles. The molecule has 8 nitrogen and oxygen atoms in total. The van der Waals surface area contributed by atoms with E-state index in [-0.39, 0.29) is 22.9 Å². The molecule has 9 heteroatoms. The molecule has 0 radical (unpaired) electrons. The van der Waals surface area contributed by atoms with Gasteiger partial charge in [-0.05, 0) is 31.5 Å². The second-order valence-corrected chi connectivity index (χ2v) is 7.85. The zero-order valence-electron chi connectivity index (χ0n) is 14.6. The van der Waals surface area contributed by atoms with E-state index in [1.165, 1.54) is 22.2 Å². The molecule has 0 aliphatic carbocycles. The lowest BCUT2D eigenvalue weighted by atomic mass is 9.94. The summed E-state index contributed by atoms with van der Waals surface area (Å²) in [5.74, 6) is -0.0410. The Labute approximate surface area is 152 Å². The van der Waals surface area contributed by atoms with E-state index < -0.39 is 5.91 Å². The first-order valence-corrected chi connectivity index (χ1v) is 8.92. The van der Waals surface area contributed by atoms with Crippen molar-refractivity contribution in [3.63, 3.8) is 0 Å². The SMILES string of the molecule is Cn1c(NNC(=O)c2ccco2)nc2sc3c(c2c1=O)CC(C)(C)OC3. The number of hydrogen-bond acceptors (Lipinski definition) is 7. The van der Waals surface area contributed by atoms with E-state index in [0.29, 0.717) is 23.2 Å². The van der Waals surface area contributed by atoms with Gasteiger partial charge < -0.3 is 9.15 Å². The van der Waals surface area contributed by atoms with Crippen LogP contribution in [0.25, 0.3) is 10.2 Å². The molecule has 0 bridgehead atoms. The van der Waals surface area contributed by atoms with Crippen molar-refractivity contribution < 1.29 is 13.9 Å². The van der Waals surface area contributed by atoms with Crippen molar-refractivity contribution in [3.8, 4) is 0 Å². The van der Waals surface area contributed by atoms with Crippen molar-refractivity contribution in [2.24, 2.45) is 7.05 Å². The van der Waals surface area contributed by atoms with Gasteiger partial charge in [-0.1, -0.05) is 0 Å². The van der Waals surface area contributed by atoms with Crippen molar-refractivity contribution in [3.05, 3.63) is 45.0 Å². The normalized spacial score (nSPS) is 15.7. The van der Waals surface area contributed by atoms with Crippen LogP contribution in [0.1, 0.15) is 34.8 Å². The largest absolute Gasteiger partial charge is 0.459 e. The first kappa shape index (κ1) is 16.8. The number of hydrogen-bond donors (Lipinski definition) is 2. The summed E-state index contributed by atoms with van der Waals surface area (Å²) in [6.45, 7) is 4.50. The number of nitrogens with one attached hydrogen (secondary N) is 2. The molecular formula is C17H18N4O4S. The molecule has 0 atom stereocenters. The Balaban J connectivity index is 1.69. The van der Waals surface area contributed by atoms with Crippen LogP contribution in [-0.4, -0.2) is 21.1 Å². The summed E-state index contributed by atoms with van der Waals surface area (Å²) in [5.41, 5.74) is 5.74. The number of rotatable bonds is 3. The highest BCUT2D eigenvalue weighted by molar-refractivity contribution is 7.18. The van der Waals surface area contributed by atoms with Crippen LogP contribution in [0.4, 0.5) is 5.95 Å². The van der Waals surface area contributed by atoms with Gasteiger partial charge in [-0.3, -0.25) is 25.0 Å². The monoisotopic (exact) mass is 374 g/mol. The van der Waals surface area contributed by atoms with E-state index in [9.17, 15) is 9.59 Å². The van der Waals surface area contributed by atoms with Crippen molar-refractivity contribution in [2.45, 2.75) is 32.5 Å². The Morgan fingerprint density at radius 2 is 2.23 bits per heavy atom. The second kappa shape index (κ2) is 5.96. The number of aromatic nitrogens is 2. The summed E-state index contributed by atoms with van der Waals surface area (Å²) < 4.78 is 12.3. The van der Waals surface area contributed by atoms with Crippen LogP contribution in [-0.2, 0) is 24.8 Å². The fourth-order valence-corrected chi connectivity index (χ4v) is 4.06. The van der Waals surface area contributed by atoms with Gasteiger partial charge in [-0.25, -0.2) is 4.98 Å². The topological polar surface area (TPSA) is 98.4 Å². The molecule has 1 aliphatic rings. The molecule has 0 unspecified atom stereocenters. The third-order valence-electron chi connectivity index (χ3n) is 4.35. The number of amides is 1. The van der Waals surface area contributed by atoms with Crippen LogP contribution in [0, 0.1) is 0 Å². The highest BCUT2D eigenvalue weighted by Crippen LogP contribution is 2.37. The van der Waals surface area contributed by atoms with E-state index in [4.69, 9.17) is 9.15 Å². The molecular weight excluding hydrogens is 356 g/mol. The Morgan fingerprint density at radius 3 is 2.96 bits per heavy atom. The fourth-order valence-electron chi connectivity index (χ4n) is 2.97. The van der Waals surface area contributed by atoms with Gasteiger partial charge in [-0.2, -0.15) is 0 Å². The van der Waals surface area contributed by atoms with Crippen LogP contribution in [0.3, 0.4) is 0 Å². The number of nitrogens with zero attached hydrogens (tertiary/aromatic N) is 2. The average Bonchev–Trinajstić information content (AvgIpc) is 3.23. The molecule has 0 fully saturated rings. The van der Waals surface area contributed by atoms with Gasteiger partial charge in [0.1, 0.15) is 4.83 Å². The summed E-state index contributed by atoms with van der Waals surface area (Å²) in [5, 5.41) is 0.631. The first-order valence-electron chi connectivity index (χ1n) is 8.11. The highest BCUT2D eigenvalue weighted by atomic mass is 32.1. The highest BCUT2D eigenvalue weighted by Gasteiger charge is 2.31. The van der Waals surface area contributed by atoms with Gasteiger partial charge in [0.05, 0.1) is 23.9 Å². The van der Waals surface area contributed by atoms with Gasteiger partial charge in [0.25, 0.3) is 5.56 Å². The molecule has 0 spiro atoms. The molecule has 0 saturated carbocycles. The minimum absolute atomic E-state index is 0.153. The van der Waals surface area contributed by atoms with Crippen molar-refractivity contribution >= 4 is 33.4 Å². The van der Waals surface area contributed by atoms with Crippen LogP contribution < -0.4 is 16.4 Å². The summed E-state index contributed by atoms with van der Waals surface area (Å²) in [7, 11) is 1.62. The number of ether oxygens (including phenoxy) is 1. The molecule has 1 amide bonds. The van der Waals surface area contributed by atoms with Crippen LogP contribution >= 0.6 is 11.3 Å². The van der Waals surface area contributed by atoms with Crippen molar-refractivity contribution in [1.82, 2.24) is 15.0 Å². The lowest BCUT2D eigenvalue weighted by molar-refractivity contribution is -0.0379. The van der Waals surface area contributed by atoms with Crippen LogP contribution in [0.2, 0.25) is 0 Å². The molecule has 3 aromatic heterocycles. The Morgan fingerprint density at radius 1 is 1.42 bits per heavy atom. The molecule has 4 heterocycles. The van der Waals surface area contributed by atoms with E-state index in [1.54, 1.807) is 19.2 Å². The van der Waals surface area contributed by atoms with Gasteiger partial charge in [0.2, 0.25) is 5.95 Å². The fraction of sp³-hybridized carbons (Fsp3) is 0.353. The van der Waals surface area contributed by atoms with Crippen molar-refractivity contribution in [1.29, 1.82) is 0 Å². The number of thiophene rings is 1. The molecule has 0 saturated heterocycles. The minimum atomic E-state index is -0.454. The maximum Gasteiger partial charge on any atom is 0.305 e. The molecule has 26 heavy (non-hydrogen) atoms. The van der Waals surface area contributed by atoms with Gasteiger partial charge >= 0.3 is 5.91 Å². The number of carbonyl (C=O) groups is 1. The lowest BCUT2D eigenvalue weighted by Crippen LogP contribution is -2.34. The van der Waals surface area contributed by atoms with Crippen molar-refractivity contribution in [2.75, 3.05) is 5.43 Å². The molecule has 2 N–H and O–H groups in total. The Hall–Kier alpha value is -2.65. The standard InChI is InChI=1S/C17H18N4O4S/c1-17(2)7-9-11(8-25-17)26-14-12(9)15(23)21(3)16(18-14)20-19-13(22)10-5-4-6-24-10/h4-6H,7-8H2,1-3H3,(H,18,20)(H,19,22). The predicted octanol–water partition coefficient (Wildman–Crippen LogP) is 2.20. The molecule has 136 valence electrons. The number of furan rings is 1. The number of carbonyl (C=O) groups excluding carboxylic acids is 1. The average molecular weight is 374 g/mol. The number of hydrazine groups is 1. The molecule has 3 aromatic rings. The van der Waals surface area contributed by atoms with Gasteiger partial charge in [0.15, 0.2) is 5.76 Å². The maximum absolute atomic E-state index is 12.9. The van der Waals surface area contributed by atoms with Crippen LogP contribution in [0.15, 0.2) is 27.6 Å². The van der Waals surface area contributed by atoms with E-state index in [2.05, 4.69) is 15.8 Å². The number of anilines is 1. The van der Waals surface area contributed by atoms with E-state index in [1.807, 2.05) is 13.8 Å². The summed E-state index contributed by atoms with van der Waals surface area (Å²) >= 11 is 1.45. The summed E-state index contributed by atoms with van der Waals surface area (Å²) in [4.78, 5) is 31.0. The Kier molecular flexibility index (Phi) is 3.85. The predicted molar refractivity (Wildman–Crippen MR) is 97.2 cm³/mol. The van der Waals surface area contributed by atoms with E-state index in [0.717, 1.165) is 10.4 Å². The maximum atomic E-state index is 12.9. The number of fused-ring (bicyclic) bond motifs is 3. The zero-order chi connectivity index (χ0) is 18.5.